The second kappa shape index (κ2) is 10.1. The van der Waals surface area contributed by atoms with Crippen LogP contribution in [0.5, 0.6) is 11.5 Å². The Labute approximate surface area is 142 Å². The Bertz CT molecular complexity index is 624. The maximum absolute atomic E-state index is 12.2. The summed E-state index contributed by atoms with van der Waals surface area (Å²) in [4.78, 5) is 34.6. The number of nitrogens with one attached hydrogen (secondary N) is 2. The van der Waals surface area contributed by atoms with E-state index in [-0.39, 0.29) is 17.1 Å². The quantitative estimate of drug-likeness (QED) is 0.684. The van der Waals surface area contributed by atoms with Gasteiger partial charge < -0.3 is 19.5 Å². The molecule has 138 valence electrons. The van der Waals surface area contributed by atoms with Crippen LogP contribution >= 0.6 is 0 Å². The number of imide groups is 1. The van der Waals surface area contributed by atoms with Crippen molar-refractivity contribution in [3.63, 3.8) is 0 Å². The highest BCUT2D eigenvalue weighted by atomic mass is 19.3. The fourth-order valence-electron chi connectivity index (χ4n) is 1.65. The number of hydrogen-bond donors (Lipinski definition) is 2. The van der Waals surface area contributed by atoms with E-state index in [1.807, 2.05) is 12.2 Å². The topological polar surface area (TPSA) is 103 Å². The third-order valence-corrected chi connectivity index (χ3v) is 2.74. The van der Waals surface area contributed by atoms with Gasteiger partial charge in [0.05, 0.1) is 12.7 Å². The average Bonchev–Trinajstić information content (AvgIpc) is 2.57. The number of rotatable bonds is 8. The summed E-state index contributed by atoms with van der Waals surface area (Å²) >= 11 is 0. The van der Waals surface area contributed by atoms with Crippen molar-refractivity contribution in [3.05, 3.63) is 23.8 Å². The number of ether oxygens (including phenoxy) is 3. The van der Waals surface area contributed by atoms with E-state index in [1.54, 1.807) is 0 Å². The number of hydrogen-bond acceptors (Lipinski definition) is 6. The normalized spacial score (nSPS) is 10.1. The smallest absolute Gasteiger partial charge is 0.387 e. The first-order valence-corrected chi connectivity index (χ1v) is 7.25. The summed E-state index contributed by atoms with van der Waals surface area (Å²) in [6, 6.07) is 2.72. The van der Waals surface area contributed by atoms with Crippen LogP contribution in [0, 0.1) is 0 Å². The molecule has 0 radical (unpaired) electrons. The Hall–Kier alpha value is -2.91. The van der Waals surface area contributed by atoms with Gasteiger partial charge in [0.15, 0.2) is 18.1 Å². The van der Waals surface area contributed by atoms with Crippen molar-refractivity contribution in [2.75, 3.05) is 20.3 Å². The lowest BCUT2D eigenvalue weighted by Gasteiger charge is -2.11. The third-order valence-electron chi connectivity index (χ3n) is 2.74. The van der Waals surface area contributed by atoms with E-state index >= 15 is 0 Å². The van der Waals surface area contributed by atoms with E-state index in [4.69, 9.17) is 9.47 Å². The molecular weight excluding hydrogens is 342 g/mol. The molecule has 0 saturated carbocycles. The standard InChI is InChI=1S/C15H18F2N2O6/c1-3-6-18-15(22)19-12(20)8-24-13(21)9-4-5-10(25-14(16)17)11(7-9)23-2/h4-5,7,14H,3,6,8H2,1-2H3,(H2,18,19,20,22). The zero-order valence-corrected chi connectivity index (χ0v) is 13.6. The molecule has 0 aromatic heterocycles. The number of urea groups is 1. The van der Waals surface area contributed by atoms with E-state index in [0.29, 0.717) is 13.0 Å². The highest BCUT2D eigenvalue weighted by Crippen LogP contribution is 2.29. The van der Waals surface area contributed by atoms with E-state index in [9.17, 15) is 23.2 Å². The van der Waals surface area contributed by atoms with Crippen LogP contribution in [0.25, 0.3) is 0 Å². The monoisotopic (exact) mass is 360 g/mol. The van der Waals surface area contributed by atoms with Crippen LogP contribution in [0.2, 0.25) is 0 Å². The first-order valence-electron chi connectivity index (χ1n) is 7.25. The molecule has 0 aliphatic rings. The summed E-state index contributed by atoms with van der Waals surface area (Å²) in [5.74, 6) is -2.06. The Balaban J connectivity index is 2.59. The minimum absolute atomic E-state index is 0.0401. The van der Waals surface area contributed by atoms with Gasteiger partial charge in [-0.05, 0) is 24.6 Å². The molecule has 8 nitrogen and oxygen atoms in total. The SMILES string of the molecule is CCCNC(=O)NC(=O)COC(=O)c1ccc(OC(F)F)c(OC)c1. The summed E-state index contributed by atoms with van der Waals surface area (Å²) in [6.07, 6.45) is 0.698. The first kappa shape index (κ1) is 20.1. The van der Waals surface area contributed by atoms with Gasteiger partial charge in [-0.3, -0.25) is 10.1 Å². The molecule has 0 spiro atoms. The van der Waals surface area contributed by atoms with Crippen LogP contribution in [0.3, 0.4) is 0 Å². The second-order valence-electron chi connectivity index (χ2n) is 4.62. The van der Waals surface area contributed by atoms with Crippen molar-refractivity contribution in [2.45, 2.75) is 20.0 Å². The minimum Gasteiger partial charge on any atom is -0.493 e. The fourth-order valence-corrected chi connectivity index (χ4v) is 1.65. The van der Waals surface area contributed by atoms with Gasteiger partial charge in [-0.15, -0.1) is 0 Å². The van der Waals surface area contributed by atoms with Crippen LogP contribution in [-0.2, 0) is 9.53 Å². The van der Waals surface area contributed by atoms with Crippen LogP contribution in [0.1, 0.15) is 23.7 Å². The molecule has 0 aliphatic heterocycles. The van der Waals surface area contributed by atoms with E-state index < -0.39 is 31.1 Å². The summed E-state index contributed by atoms with van der Waals surface area (Å²) in [6.45, 7) is -1.49. The zero-order chi connectivity index (χ0) is 18.8. The molecule has 0 fully saturated rings. The number of halogens is 2. The molecule has 1 aromatic rings. The molecule has 1 aromatic carbocycles. The van der Waals surface area contributed by atoms with Crippen molar-refractivity contribution < 1.29 is 37.4 Å². The van der Waals surface area contributed by atoms with E-state index in [2.05, 4.69) is 10.1 Å². The summed E-state index contributed by atoms with van der Waals surface area (Å²) in [7, 11) is 1.21. The highest BCUT2D eigenvalue weighted by molar-refractivity contribution is 5.97. The van der Waals surface area contributed by atoms with Gasteiger partial charge in [-0.2, -0.15) is 8.78 Å². The molecule has 10 heteroatoms. The third kappa shape index (κ3) is 7.02. The largest absolute Gasteiger partial charge is 0.493 e. The van der Waals surface area contributed by atoms with Gasteiger partial charge in [0.2, 0.25) is 0 Å². The van der Waals surface area contributed by atoms with Crippen molar-refractivity contribution in [1.82, 2.24) is 10.6 Å². The number of carbonyl (C=O) groups excluding carboxylic acids is 3. The Morgan fingerprint density at radius 3 is 2.52 bits per heavy atom. The van der Waals surface area contributed by atoms with Gasteiger partial charge in [0.25, 0.3) is 5.91 Å². The molecule has 0 unspecified atom stereocenters. The second-order valence-corrected chi connectivity index (χ2v) is 4.62. The summed E-state index contributed by atoms with van der Waals surface area (Å²) in [5.41, 5.74) is -0.0401. The van der Waals surface area contributed by atoms with Crippen molar-refractivity contribution in [2.24, 2.45) is 0 Å². The molecule has 25 heavy (non-hydrogen) atoms. The van der Waals surface area contributed by atoms with Crippen molar-refractivity contribution in [1.29, 1.82) is 0 Å². The Morgan fingerprint density at radius 2 is 1.92 bits per heavy atom. The number of alkyl halides is 2. The van der Waals surface area contributed by atoms with Crippen LogP contribution in [-0.4, -0.2) is 44.8 Å². The van der Waals surface area contributed by atoms with Gasteiger partial charge in [0.1, 0.15) is 0 Å². The molecule has 3 amide bonds. The lowest BCUT2D eigenvalue weighted by atomic mass is 10.2. The molecule has 0 aliphatic carbocycles. The first-order chi connectivity index (χ1) is 11.9. The van der Waals surface area contributed by atoms with Crippen molar-refractivity contribution >= 4 is 17.9 Å². The van der Waals surface area contributed by atoms with Gasteiger partial charge in [-0.1, -0.05) is 6.92 Å². The Morgan fingerprint density at radius 1 is 1.20 bits per heavy atom. The maximum Gasteiger partial charge on any atom is 0.387 e. The molecule has 0 heterocycles. The number of carbonyl (C=O) groups is 3. The van der Waals surface area contributed by atoms with Crippen LogP contribution < -0.4 is 20.1 Å². The average molecular weight is 360 g/mol. The highest BCUT2D eigenvalue weighted by Gasteiger charge is 2.16. The van der Waals surface area contributed by atoms with Crippen LogP contribution in [0.4, 0.5) is 13.6 Å². The lowest BCUT2D eigenvalue weighted by molar-refractivity contribution is -0.123. The molecule has 2 N–H and O–H groups in total. The summed E-state index contributed by atoms with van der Waals surface area (Å²) in [5, 5.41) is 4.40. The number of esters is 1. The lowest BCUT2D eigenvalue weighted by Crippen LogP contribution is -2.41. The summed E-state index contributed by atoms with van der Waals surface area (Å²) < 4.78 is 38.3. The van der Waals surface area contributed by atoms with Crippen molar-refractivity contribution in [3.8, 4) is 11.5 Å². The predicted molar refractivity (Wildman–Crippen MR) is 81.7 cm³/mol. The molecule has 0 bridgehead atoms. The molecule has 1 rings (SSSR count). The maximum atomic E-state index is 12.2. The fraction of sp³-hybridized carbons (Fsp3) is 0.400. The van der Waals surface area contributed by atoms with Gasteiger partial charge in [-0.25, -0.2) is 9.59 Å². The Kier molecular flexibility index (Phi) is 8.10. The van der Waals surface area contributed by atoms with Gasteiger partial charge in [0, 0.05) is 6.54 Å². The molecular formula is C15H18F2N2O6. The molecule has 0 saturated heterocycles. The number of benzene rings is 1. The molecule has 0 atom stereocenters. The number of methoxy groups -OCH3 is 1. The number of amides is 3. The van der Waals surface area contributed by atoms with E-state index in [0.717, 1.165) is 12.1 Å². The van der Waals surface area contributed by atoms with Crippen LogP contribution in [0.15, 0.2) is 18.2 Å². The minimum atomic E-state index is -3.05. The zero-order valence-electron chi connectivity index (χ0n) is 13.6. The predicted octanol–water partition coefficient (Wildman–Crippen LogP) is 1.69. The van der Waals surface area contributed by atoms with Gasteiger partial charge >= 0.3 is 18.6 Å². The van der Waals surface area contributed by atoms with E-state index in [1.165, 1.54) is 13.2 Å².